The van der Waals surface area contributed by atoms with Crippen molar-refractivity contribution in [1.29, 1.82) is 0 Å². The molecule has 2 rings (SSSR count). The summed E-state index contributed by atoms with van der Waals surface area (Å²) in [5.41, 5.74) is 0.315. The summed E-state index contributed by atoms with van der Waals surface area (Å²) in [4.78, 5) is 12.3. The Bertz CT molecular complexity index is 741. The van der Waals surface area contributed by atoms with Gasteiger partial charge in [-0.3, -0.25) is 9.48 Å². The number of halogens is 5. The largest absolute Gasteiger partial charge is 0.461 e. The van der Waals surface area contributed by atoms with Gasteiger partial charge in [-0.2, -0.15) is 22.7 Å². The smallest absolute Gasteiger partial charge is 0.426 e. The number of amides is 1. The van der Waals surface area contributed by atoms with E-state index in [1.54, 1.807) is 25.3 Å². The number of alkyl halides is 5. The normalized spacial score (nSPS) is 12.9. The molecule has 1 heterocycles. The quantitative estimate of drug-likeness (QED) is 0.546. The van der Waals surface area contributed by atoms with Crippen LogP contribution >= 0.6 is 11.6 Å². The molecule has 26 heavy (non-hydrogen) atoms. The van der Waals surface area contributed by atoms with E-state index in [9.17, 15) is 22.4 Å². The standard InChI is InChI=1S/C16H16ClF4N3O2/c1-2-10-5-3-6-12(26-16(20,21)15(18)19)13(10)23-14(25)11(17)9-24-8-4-7-22-24/h3-8,11,15H,2,9H2,1H3,(H,23,25). The van der Waals surface area contributed by atoms with Gasteiger partial charge in [-0.1, -0.05) is 19.1 Å². The van der Waals surface area contributed by atoms with E-state index in [2.05, 4.69) is 15.2 Å². The summed E-state index contributed by atoms with van der Waals surface area (Å²) in [7, 11) is 0. The van der Waals surface area contributed by atoms with Crippen molar-refractivity contribution in [2.45, 2.75) is 37.8 Å². The first-order chi connectivity index (χ1) is 12.2. The first kappa shape index (κ1) is 20.0. The van der Waals surface area contributed by atoms with Crippen molar-refractivity contribution in [3.63, 3.8) is 0 Å². The zero-order valence-corrected chi connectivity index (χ0v) is 14.4. The fraction of sp³-hybridized carbons (Fsp3) is 0.375. The van der Waals surface area contributed by atoms with Gasteiger partial charge < -0.3 is 10.1 Å². The monoisotopic (exact) mass is 393 g/mol. The third-order valence-electron chi connectivity index (χ3n) is 3.43. The zero-order chi connectivity index (χ0) is 19.3. The number of rotatable bonds is 8. The van der Waals surface area contributed by atoms with Crippen molar-refractivity contribution in [1.82, 2.24) is 9.78 Å². The van der Waals surface area contributed by atoms with Crippen LogP contribution in [0.3, 0.4) is 0 Å². The van der Waals surface area contributed by atoms with Gasteiger partial charge in [-0.05, 0) is 24.1 Å². The Labute approximate surface area is 151 Å². The van der Waals surface area contributed by atoms with E-state index in [1.807, 2.05) is 0 Å². The highest BCUT2D eigenvalue weighted by molar-refractivity contribution is 6.32. The first-order valence-corrected chi connectivity index (χ1v) is 8.07. The zero-order valence-electron chi connectivity index (χ0n) is 13.6. The highest BCUT2D eigenvalue weighted by Gasteiger charge is 2.44. The molecule has 0 aliphatic heterocycles. The maximum absolute atomic E-state index is 13.3. The van der Waals surface area contributed by atoms with Crippen LogP contribution < -0.4 is 10.1 Å². The van der Waals surface area contributed by atoms with E-state index in [0.29, 0.717) is 12.0 Å². The molecule has 1 unspecified atom stereocenters. The molecule has 0 saturated heterocycles. The molecule has 0 bridgehead atoms. The number of para-hydroxylation sites is 1. The predicted octanol–water partition coefficient (Wildman–Crippen LogP) is 3.93. The van der Waals surface area contributed by atoms with Gasteiger partial charge in [0, 0.05) is 12.4 Å². The number of nitrogens with one attached hydrogen (secondary N) is 1. The molecule has 142 valence electrons. The Kier molecular flexibility index (Phi) is 6.47. The Morgan fingerprint density at radius 2 is 2.12 bits per heavy atom. The molecule has 2 aromatic rings. The summed E-state index contributed by atoms with van der Waals surface area (Å²) in [5.74, 6) is -1.26. The molecule has 0 saturated carbocycles. The van der Waals surface area contributed by atoms with Crippen LogP contribution in [0.5, 0.6) is 5.75 Å². The summed E-state index contributed by atoms with van der Waals surface area (Å²) < 4.78 is 57.0. The van der Waals surface area contributed by atoms with E-state index >= 15 is 0 Å². The molecule has 0 radical (unpaired) electrons. The van der Waals surface area contributed by atoms with E-state index < -0.39 is 29.6 Å². The van der Waals surface area contributed by atoms with Gasteiger partial charge in [0.1, 0.15) is 11.1 Å². The number of aromatic nitrogens is 2. The highest BCUT2D eigenvalue weighted by Crippen LogP contribution is 2.35. The van der Waals surface area contributed by atoms with Crippen molar-refractivity contribution in [2.24, 2.45) is 0 Å². The van der Waals surface area contributed by atoms with Gasteiger partial charge in [0.15, 0.2) is 0 Å². The number of aryl methyl sites for hydroxylation is 1. The lowest BCUT2D eigenvalue weighted by Gasteiger charge is -2.21. The van der Waals surface area contributed by atoms with Crippen LogP contribution in [0.4, 0.5) is 23.2 Å². The summed E-state index contributed by atoms with van der Waals surface area (Å²) in [6.45, 7) is 1.75. The minimum Gasteiger partial charge on any atom is -0.426 e. The summed E-state index contributed by atoms with van der Waals surface area (Å²) in [6, 6.07) is 5.64. The van der Waals surface area contributed by atoms with Gasteiger partial charge in [-0.15, -0.1) is 11.6 Å². The number of benzene rings is 1. The molecule has 1 aromatic heterocycles. The molecule has 1 amide bonds. The number of carbonyl (C=O) groups is 1. The second-order valence-corrected chi connectivity index (χ2v) is 5.82. The highest BCUT2D eigenvalue weighted by atomic mass is 35.5. The molecule has 0 spiro atoms. The molecule has 0 aliphatic carbocycles. The third-order valence-corrected chi connectivity index (χ3v) is 3.77. The van der Waals surface area contributed by atoms with Crippen molar-refractivity contribution in [3.8, 4) is 5.75 Å². The molecule has 0 fully saturated rings. The maximum Gasteiger partial charge on any atom is 0.461 e. The summed E-state index contributed by atoms with van der Waals surface area (Å²) in [6.07, 6.45) is -5.26. The number of ether oxygens (including phenoxy) is 1. The Hall–Kier alpha value is -2.29. The number of hydrogen-bond donors (Lipinski definition) is 1. The SMILES string of the molecule is CCc1cccc(OC(F)(F)C(F)F)c1NC(=O)C(Cl)Cn1cccn1. The molecule has 5 nitrogen and oxygen atoms in total. The Morgan fingerprint density at radius 1 is 1.38 bits per heavy atom. The fourth-order valence-electron chi connectivity index (χ4n) is 2.15. The Morgan fingerprint density at radius 3 is 2.69 bits per heavy atom. The summed E-state index contributed by atoms with van der Waals surface area (Å²) >= 11 is 6.02. The predicted molar refractivity (Wildman–Crippen MR) is 87.9 cm³/mol. The molecule has 10 heteroatoms. The lowest BCUT2D eigenvalue weighted by molar-refractivity contribution is -0.252. The topological polar surface area (TPSA) is 56.1 Å². The van der Waals surface area contributed by atoms with E-state index in [-0.39, 0.29) is 12.2 Å². The first-order valence-electron chi connectivity index (χ1n) is 7.63. The third kappa shape index (κ3) is 4.87. The number of nitrogens with zero attached hydrogens (tertiary/aromatic N) is 2. The minimum atomic E-state index is -4.69. The lowest BCUT2D eigenvalue weighted by atomic mass is 10.1. The van der Waals surface area contributed by atoms with Crippen LogP contribution in [0.1, 0.15) is 12.5 Å². The molecule has 1 atom stereocenters. The number of anilines is 1. The number of carbonyl (C=O) groups excluding carboxylic acids is 1. The van der Waals surface area contributed by atoms with Crippen LogP contribution in [0.15, 0.2) is 36.7 Å². The van der Waals surface area contributed by atoms with Gasteiger partial charge in [0.05, 0.1) is 12.2 Å². The van der Waals surface area contributed by atoms with Crippen LogP contribution in [-0.4, -0.2) is 33.6 Å². The van der Waals surface area contributed by atoms with E-state index in [1.165, 1.54) is 16.9 Å². The van der Waals surface area contributed by atoms with Crippen LogP contribution in [0.25, 0.3) is 0 Å². The van der Waals surface area contributed by atoms with Crippen molar-refractivity contribution in [3.05, 3.63) is 42.2 Å². The van der Waals surface area contributed by atoms with E-state index in [0.717, 1.165) is 6.07 Å². The molecule has 1 aromatic carbocycles. The van der Waals surface area contributed by atoms with Gasteiger partial charge in [0.25, 0.3) is 0 Å². The second kappa shape index (κ2) is 8.39. The lowest BCUT2D eigenvalue weighted by Crippen LogP contribution is -2.34. The average Bonchev–Trinajstić information content (AvgIpc) is 3.08. The number of hydrogen-bond acceptors (Lipinski definition) is 3. The van der Waals surface area contributed by atoms with Gasteiger partial charge in [0.2, 0.25) is 5.91 Å². The van der Waals surface area contributed by atoms with E-state index in [4.69, 9.17) is 11.6 Å². The summed E-state index contributed by atoms with van der Waals surface area (Å²) in [5, 5.41) is 5.23. The molecule has 1 N–H and O–H groups in total. The Balaban J connectivity index is 2.22. The minimum absolute atomic E-state index is 0.0397. The van der Waals surface area contributed by atoms with Crippen LogP contribution in [-0.2, 0) is 17.8 Å². The van der Waals surface area contributed by atoms with Gasteiger partial charge >= 0.3 is 12.5 Å². The fourth-order valence-corrected chi connectivity index (χ4v) is 2.34. The molecular weight excluding hydrogens is 378 g/mol. The van der Waals surface area contributed by atoms with Crippen LogP contribution in [0.2, 0.25) is 0 Å². The molecular formula is C16H16ClF4N3O2. The van der Waals surface area contributed by atoms with Crippen molar-refractivity contribution in [2.75, 3.05) is 5.32 Å². The van der Waals surface area contributed by atoms with Gasteiger partial charge in [-0.25, -0.2) is 0 Å². The van der Waals surface area contributed by atoms with Crippen molar-refractivity contribution < 1.29 is 27.1 Å². The second-order valence-electron chi connectivity index (χ2n) is 5.29. The average molecular weight is 394 g/mol. The molecule has 0 aliphatic rings. The van der Waals surface area contributed by atoms with Crippen LogP contribution in [0, 0.1) is 0 Å². The van der Waals surface area contributed by atoms with Crippen molar-refractivity contribution >= 4 is 23.2 Å². The maximum atomic E-state index is 13.3.